The minimum atomic E-state index is -0.593. The zero-order valence-electron chi connectivity index (χ0n) is 11.2. The topological polar surface area (TPSA) is 49.3 Å². The molecular formula is C16H15BrClNO2. The van der Waals surface area contributed by atoms with Gasteiger partial charge in [0.05, 0.1) is 16.7 Å². The summed E-state index contributed by atoms with van der Waals surface area (Å²) < 4.78 is 0.793. The van der Waals surface area contributed by atoms with Crippen molar-refractivity contribution in [3.8, 4) is 0 Å². The first-order chi connectivity index (χ1) is 10.1. The van der Waals surface area contributed by atoms with Crippen LogP contribution in [0.4, 0.5) is 0 Å². The van der Waals surface area contributed by atoms with Crippen molar-refractivity contribution >= 4 is 33.4 Å². The van der Waals surface area contributed by atoms with Crippen molar-refractivity contribution in [3.05, 3.63) is 69.2 Å². The predicted octanol–water partition coefficient (Wildman–Crippen LogP) is 3.96. The molecule has 0 spiro atoms. The van der Waals surface area contributed by atoms with Gasteiger partial charge in [-0.05, 0) is 30.2 Å². The van der Waals surface area contributed by atoms with Gasteiger partial charge in [-0.15, -0.1) is 0 Å². The van der Waals surface area contributed by atoms with Crippen LogP contribution in [0.25, 0.3) is 0 Å². The third-order valence-corrected chi connectivity index (χ3v) is 3.88. The van der Waals surface area contributed by atoms with Gasteiger partial charge < -0.3 is 10.4 Å². The molecule has 0 saturated carbocycles. The van der Waals surface area contributed by atoms with E-state index in [4.69, 9.17) is 11.6 Å². The third-order valence-electron chi connectivity index (χ3n) is 3.06. The van der Waals surface area contributed by atoms with Gasteiger partial charge in [0.2, 0.25) is 0 Å². The summed E-state index contributed by atoms with van der Waals surface area (Å²) >= 11 is 9.31. The molecule has 5 heteroatoms. The summed E-state index contributed by atoms with van der Waals surface area (Å²) in [6.45, 7) is 0.373. The van der Waals surface area contributed by atoms with E-state index in [0.29, 0.717) is 23.6 Å². The van der Waals surface area contributed by atoms with E-state index in [0.717, 1.165) is 10.0 Å². The summed E-state index contributed by atoms with van der Waals surface area (Å²) in [4.78, 5) is 12.0. The molecule has 0 bridgehead atoms. The van der Waals surface area contributed by atoms with Crippen molar-refractivity contribution in [1.82, 2.24) is 5.32 Å². The van der Waals surface area contributed by atoms with Crippen molar-refractivity contribution in [2.75, 3.05) is 6.54 Å². The molecule has 2 aromatic rings. The average Bonchev–Trinajstić information content (AvgIpc) is 2.50. The zero-order chi connectivity index (χ0) is 15.2. The van der Waals surface area contributed by atoms with Gasteiger partial charge in [-0.3, -0.25) is 4.79 Å². The maximum Gasteiger partial charge on any atom is 0.252 e. The summed E-state index contributed by atoms with van der Waals surface area (Å²) in [5, 5.41) is 13.2. The van der Waals surface area contributed by atoms with E-state index in [1.807, 2.05) is 30.3 Å². The Morgan fingerprint density at radius 1 is 1.24 bits per heavy atom. The van der Waals surface area contributed by atoms with Gasteiger partial charge >= 0.3 is 0 Å². The largest absolute Gasteiger partial charge is 0.388 e. The molecule has 0 heterocycles. The summed E-state index contributed by atoms with van der Waals surface area (Å²) in [6, 6.07) is 14.5. The lowest BCUT2D eigenvalue weighted by Gasteiger charge is -2.12. The van der Waals surface area contributed by atoms with Gasteiger partial charge in [-0.25, -0.2) is 0 Å². The Balaban J connectivity index is 1.88. The lowest BCUT2D eigenvalue weighted by Crippen LogP contribution is -2.26. The van der Waals surface area contributed by atoms with Crippen molar-refractivity contribution in [2.45, 2.75) is 12.5 Å². The predicted molar refractivity (Wildman–Crippen MR) is 87.5 cm³/mol. The lowest BCUT2D eigenvalue weighted by atomic mass is 10.1. The Labute approximate surface area is 137 Å². The Morgan fingerprint density at radius 2 is 1.95 bits per heavy atom. The molecule has 21 heavy (non-hydrogen) atoms. The molecule has 0 saturated heterocycles. The number of aliphatic hydroxyl groups excluding tert-OH is 1. The van der Waals surface area contributed by atoms with Crippen molar-refractivity contribution in [3.63, 3.8) is 0 Å². The van der Waals surface area contributed by atoms with Crippen LogP contribution in [0.5, 0.6) is 0 Å². The standard InChI is InChI=1S/C16H15BrClNO2/c17-12-6-7-14(18)13(10-12)16(21)19-9-8-15(20)11-4-2-1-3-5-11/h1-7,10,15,20H,8-9H2,(H,19,21). The van der Waals surface area contributed by atoms with Crippen LogP contribution in [-0.2, 0) is 0 Å². The van der Waals surface area contributed by atoms with Crippen molar-refractivity contribution < 1.29 is 9.90 Å². The quantitative estimate of drug-likeness (QED) is 0.839. The van der Waals surface area contributed by atoms with Crippen LogP contribution in [0.2, 0.25) is 5.02 Å². The Hall–Kier alpha value is -1.36. The van der Waals surface area contributed by atoms with Gasteiger partial charge in [-0.2, -0.15) is 0 Å². The van der Waals surface area contributed by atoms with Crippen LogP contribution in [0, 0.1) is 0 Å². The molecule has 2 rings (SSSR count). The molecule has 0 aliphatic heterocycles. The van der Waals surface area contributed by atoms with Gasteiger partial charge in [0, 0.05) is 11.0 Å². The number of halogens is 2. The fraction of sp³-hybridized carbons (Fsp3) is 0.188. The van der Waals surface area contributed by atoms with Gasteiger partial charge in [0.1, 0.15) is 0 Å². The summed E-state index contributed by atoms with van der Waals surface area (Å²) in [5.41, 5.74) is 1.26. The van der Waals surface area contributed by atoms with Crippen molar-refractivity contribution in [1.29, 1.82) is 0 Å². The molecule has 1 atom stereocenters. The molecule has 0 aromatic heterocycles. The Kier molecular flexibility index (Phi) is 5.79. The van der Waals surface area contributed by atoms with E-state index in [1.54, 1.807) is 18.2 Å². The Morgan fingerprint density at radius 3 is 2.67 bits per heavy atom. The number of benzene rings is 2. The fourth-order valence-electron chi connectivity index (χ4n) is 1.93. The average molecular weight is 369 g/mol. The highest BCUT2D eigenvalue weighted by molar-refractivity contribution is 9.10. The minimum absolute atomic E-state index is 0.249. The summed E-state index contributed by atoms with van der Waals surface area (Å²) in [7, 11) is 0. The van der Waals surface area contributed by atoms with Gasteiger partial charge in [0.15, 0.2) is 0 Å². The molecule has 1 unspecified atom stereocenters. The molecule has 0 aliphatic rings. The monoisotopic (exact) mass is 367 g/mol. The van der Waals surface area contributed by atoms with E-state index in [-0.39, 0.29) is 5.91 Å². The normalized spacial score (nSPS) is 12.0. The molecule has 1 amide bonds. The fourth-order valence-corrected chi connectivity index (χ4v) is 2.50. The number of carbonyl (C=O) groups is 1. The number of hydrogen-bond acceptors (Lipinski definition) is 2. The minimum Gasteiger partial charge on any atom is -0.388 e. The second-order valence-corrected chi connectivity index (χ2v) is 5.92. The van der Waals surface area contributed by atoms with Crippen LogP contribution in [0.1, 0.15) is 28.4 Å². The second kappa shape index (κ2) is 7.59. The van der Waals surface area contributed by atoms with E-state index >= 15 is 0 Å². The third kappa shape index (κ3) is 4.56. The first kappa shape index (κ1) is 16.0. The van der Waals surface area contributed by atoms with E-state index in [9.17, 15) is 9.90 Å². The van der Waals surface area contributed by atoms with Crippen LogP contribution < -0.4 is 5.32 Å². The number of nitrogens with one attached hydrogen (secondary N) is 1. The second-order valence-electron chi connectivity index (χ2n) is 4.60. The molecular weight excluding hydrogens is 354 g/mol. The molecule has 110 valence electrons. The maximum absolute atomic E-state index is 12.0. The SMILES string of the molecule is O=C(NCCC(O)c1ccccc1)c1cc(Br)ccc1Cl. The highest BCUT2D eigenvalue weighted by atomic mass is 79.9. The smallest absolute Gasteiger partial charge is 0.252 e. The van der Waals surface area contributed by atoms with Crippen LogP contribution in [0.3, 0.4) is 0 Å². The van der Waals surface area contributed by atoms with E-state index in [1.165, 1.54) is 0 Å². The highest BCUT2D eigenvalue weighted by Gasteiger charge is 2.12. The highest BCUT2D eigenvalue weighted by Crippen LogP contribution is 2.21. The molecule has 0 fully saturated rings. The first-order valence-corrected chi connectivity index (χ1v) is 7.71. The number of hydrogen-bond donors (Lipinski definition) is 2. The van der Waals surface area contributed by atoms with Crippen LogP contribution >= 0.6 is 27.5 Å². The Bertz CT molecular complexity index is 619. The number of aliphatic hydroxyl groups is 1. The van der Waals surface area contributed by atoms with E-state index in [2.05, 4.69) is 21.2 Å². The molecule has 0 aliphatic carbocycles. The van der Waals surface area contributed by atoms with Crippen LogP contribution in [0.15, 0.2) is 53.0 Å². The molecule has 0 radical (unpaired) electrons. The first-order valence-electron chi connectivity index (χ1n) is 6.54. The van der Waals surface area contributed by atoms with Gasteiger partial charge in [0.25, 0.3) is 5.91 Å². The zero-order valence-corrected chi connectivity index (χ0v) is 13.6. The summed E-state index contributed by atoms with van der Waals surface area (Å²) in [5.74, 6) is -0.249. The van der Waals surface area contributed by atoms with Gasteiger partial charge in [-0.1, -0.05) is 57.9 Å². The molecule has 3 nitrogen and oxygen atoms in total. The van der Waals surface area contributed by atoms with E-state index < -0.39 is 6.10 Å². The summed E-state index contributed by atoms with van der Waals surface area (Å²) in [6.07, 6.45) is -0.147. The molecule has 2 N–H and O–H groups in total. The number of amides is 1. The maximum atomic E-state index is 12.0. The lowest BCUT2D eigenvalue weighted by molar-refractivity contribution is 0.0942. The number of rotatable bonds is 5. The van der Waals surface area contributed by atoms with Crippen LogP contribution in [-0.4, -0.2) is 17.6 Å². The molecule has 2 aromatic carbocycles. The van der Waals surface area contributed by atoms with Crippen molar-refractivity contribution in [2.24, 2.45) is 0 Å². The number of carbonyl (C=O) groups excluding carboxylic acids is 1.